The Bertz CT molecular complexity index is 141. The fourth-order valence-corrected chi connectivity index (χ4v) is 1.20. The summed E-state index contributed by atoms with van der Waals surface area (Å²) in [5.41, 5.74) is 0.0940. The summed E-state index contributed by atoms with van der Waals surface area (Å²) in [5, 5.41) is 0.475. The molecule has 12 heavy (non-hydrogen) atoms. The van der Waals surface area contributed by atoms with Gasteiger partial charge >= 0.3 is 0 Å². The van der Waals surface area contributed by atoms with Crippen LogP contribution in [0.1, 0.15) is 27.2 Å². The van der Waals surface area contributed by atoms with E-state index in [-0.39, 0.29) is 5.54 Å². The van der Waals surface area contributed by atoms with Crippen LogP contribution in [0.3, 0.4) is 0 Å². The van der Waals surface area contributed by atoms with Gasteiger partial charge in [-0.3, -0.25) is 0 Å². The molecule has 0 aromatic rings. The molecule has 2 nitrogen and oxygen atoms in total. The topological polar surface area (TPSA) is 18.5 Å². The van der Waals surface area contributed by atoms with Crippen molar-refractivity contribution in [1.29, 1.82) is 0 Å². The Morgan fingerprint density at radius 1 is 1.50 bits per heavy atom. The summed E-state index contributed by atoms with van der Waals surface area (Å²) in [6, 6.07) is 0. The number of hydrogen-bond acceptors (Lipinski definition) is 3. The van der Waals surface area contributed by atoms with E-state index in [1.54, 1.807) is 0 Å². The molecule has 0 saturated heterocycles. The maximum absolute atomic E-state index is 4.99. The third-order valence-electron chi connectivity index (χ3n) is 1.73. The van der Waals surface area contributed by atoms with E-state index < -0.39 is 0 Å². The molecule has 0 saturated carbocycles. The zero-order valence-electron chi connectivity index (χ0n) is 7.79. The van der Waals surface area contributed by atoms with Crippen LogP contribution in [-0.2, 0) is 9.78 Å². The lowest BCUT2D eigenvalue weighted by atomic mass is 10.1. The Kier molecular flexibility index (Phi) is 6.61. The minimum absolute atomic E-state index is 0.0940. The lowest BCUT2D eigenvalue weighted by Crippen LogP contribution is -2.17. The summed E-state index contributed by atoms with van der Waals surface area (Å²) in [7, 11) is 3.50. The Morgan fingerprint density at radius 2 is 2.08 bits per heavy atom. The average molecular weight is 203 g/mol. The fraction of sp³-hybridized carbons (Fsp3) is 0.875. The zero-order valence-corrected chi connectivity index (χ0v) is 9.61. The van der Waals surface area contributed by atoms with E-state index in [4.69, 9.17) is 22.0 Å². The first kappa shape index (κ1) is 12.1. The monoisotopic (exact) mass is 203 g/mol. The van der Waals surface area contributed by atoms with E-state index in [0.717, 1.165) is 6.42 Å². The molecule has 0 spiro atoms. The highest BCUT2D eigenvalue weighted by Gasteiger charge is 2.17. The summed E-state index contributed by atoms with van der Waals surface area (Å²) in [5.74, 6) is 0.467. The second-order valence-electron chi connectivity index (χ2n) is 2.67. The second-order valence-corrected chi connectivity index (χ2v) is 3.70. The van der Waals surface area contributed by atoms with Crippen molar-refractivity contribution in [2.75, 3.05) is 6.61 Å². The van der Waals surface area contributed by atoms with Crippen molar-refractivity contribution in [3.63, 3.8) is 0 Å². The zero-order chi connectivity index (χ0) is 9.56. The average Bonchev–Trinajstić information content (AvgIpc) is 2.11. The van der Waals surface area contributed by atoms with Gasteiger partial charge in [-0.05, 0) is 25.1 Å². The molecule has 0 amide bonds. The first-order valence-corrected chi connectivity index (χ1v) is 5.16. The van der Waals surface area contributed by atoms with Crippen molar-refractivity contribution in [2.24, 2.45) is 5.92 Å². The molecule has 0 aromatic carbocycles. The van der Waals surface area contributed by atoms with Crippen LogP contribution in [-0.4, -0.2) is 21.9 Å². The van der Waals surface area contributed by atoms with Crippen molar-refractivity contribution in [3.8, 4) is 0 Å². The van der Waals surface area contributed by atoms with Gasteiger partial charge in [0, 0.05) is 15.8 Å². The highest BCUT2D eigenvalue weighted by molar-refractivity contribution is 7.80. The molecule has 3 radical (unpaired) electrons. The van der Waals surface area contributed by atoms with Gasteiger partial charge in [-0.2, -0.15) is 4.89 Å². The van der Waals surface area contributed by atoms with Gasteiger partial charge in [-0.25, -0.2) is 0 Å². The van der Waals surface area contributed by atoms with Crippen LogP contribution in [0.2, 0.25) is 5.54 Å². The van der Waals surface area contributed by atoms with E-state index in [9.17, 15) is 0 Å². The number of hydrogen-bond donors (Lipinski definition) is 0. The van der Waals surface area contributed by atoms with Crippen molar-refractivity contribution in [2.45, 2.75) is 32.7 Å². The van der Waals surface area contributed by atoms with Crippen LogP contribution < -0.4 is 0 Å². The van der Waals surface area contributed by atoms with E-state index in [0.29, 0.717) is 17.6 Å². The molecule has 0 aliphatic heterocycles. The van der Waals surface area contributed by atoms with Gasteiger partial charge in [0.1, 0.15) is 0 Å². The molecule has 0 aliphatic rings. The smallest absolute Gasteiger partial charge is 0.205 e. The minimum Gasteiger partial charge on any atom is -0.330 e. The Hall–Kier alpha value is 0.0669. The summed E-state index contributed by atoms with van der Waals surface area (Å²) in [4.78, 5) is 9.60. The fourth-order valence-electron chi connectivity index (χ4n) is 0.637. The second kappa shape index (κ2) is 6.57. The standard InChI is InChI=1S/C8H15O2SSi/c1-4-6(3)7(12)8(11)10-9-5-2/h6-7H,4-5H2,1-3H3. The van der Waals surface area contributed by atoms with E-state index in [1.807, 2.05) is 6.92 Å². The molecule has 0 N–H and O–H groups in total. The lowest BCUT2D eigenvalue weighted by molar-refractivity contribution is -0.217. The molecule has 2 unspecified atom stereocenters. The van der Waals surface area contributed by atoms with E-state index in [2.05, 4.69) is 24.1 Å². The Morgan fingerprint density at radius 3 is 2.50 bits per heavy atom. The maximum atomic E-state index is 4.99. The van der Waals surface area contributed by atoms with Gasteiger partial charge in [-0.15, -0.1) is 0 Å². The van der Waals surface area contributed by atoms with Crippen LogP contribution in [0, 0.1) is 5.92 Å². The van der Waals surface area contributed by atoms with Crippen molar-refractivity contribution in [3.05, 3.63) is 0 Å². The van der Waals surface area contributed by atoms with Gasteiger partial charge in [0.05, 0.1) is 6.61 Å². The molecular formula is C8H15O2SSi. The lowest BCUT2D eigenvalue weighted by Gasteiger charge is -2.17. The molecule has 0 aliphatic carbocycles. The van der Waals surface area contributed by atoms with Crippen LogP contribution >= 0.6 is 12.2 Å². The summed E-state index contributed by atoms with van der Waals surface area (Å²) < 4.78 is 0. The highest BCUT2D eigenvalue weighted by Crippen LogP contribution is 2.20. The quantitative estimate of drug-likeness (QED) is 0.296. The van der Waals surface area contributed by atoms with Gasteiger partial charge in [0.2, 0.25) is 5.05 Å². The van der Waals surface area contributed by atoms with Gasteiger partial charge in [0.15, 0.2) is 0 Å². The molecule has 0 bridgehead atoms. The predicted octanol–water partition coefficient (Wildman–Crippen LogP) is 2.29. The van der Waals surface area contributed by atoms with Crippen LogP contribution in [0.25, 0.3) is 0 Å². The summed E-state index contributed by atoms with van der Waals surface area (Å²) in [6.07, 6.45) is 1.06. The van der Waals surface area contributed by atoms with Gasteiger partial charge in [-0.1, -0.05) is 20.3 Å². The van der Waals surface area contributed by atoms with E-state index in [1.165, 1.54) is 0 Å². The van der Waals surface area contributed by atoms with E-state index >= 15 is 0 Å². The van der Waals surface area contributed by atoms with Gasteiger partial charge < -0.3 is 4.89 Å². The summed E-state index contributed by atoms with van der Waals surface area (Å²) in [6.45, 7) is 6.59. The molecule has 0 heterocycles. The van der Waals surface area contributed by atoms with Crippen LogP contribution in [0.15, 0.2) is 0 Å². The first-order valence-electron chi connectivity index (χ1n) is 4.17. The summed E-state index contributed by atoms with van der Waals surface area (Å²) >= 11 is 4.99. The molecule has 69 valence electrons. The minimum atomic E-state index is 0.0940. The Balaban J connectivity index is 3.75. The molecule has 0 rings (SSSR count). The first-order chi connectivity index (χ1) is 5.63. The molecule has 0 fully saturated rings. The van der Waals surface area contributed by atoms with Crippen LogP contribution in [0.4, 0.5) is 0 Å². The molecule has 2 atom stereocenters. The highest BCUT2D eigenvalue weighted by atomic mass is 32.1. The van der Waals surface area contributed by atoms with Crippen molar-refractivity contribution < 1.29 is 9.78 Å². The third-order valence-corrected chi connectivity index (χ3v) is 3.09. The molecular weight excluding hydrogens is 188 g/mol. The van der Waals surface area contributed by atoms with Crippen molar-refractivity contribution in [1.82, 2.24) is 0 Å². The molecule has 0 aromatic heterocycles. The Labute approximate surface area is 83.0 Å². The predicted molar refractivity (Wildman–Crippen MR) is 54.3 cm³/mol. The SMILES string of the molecule is CCOOC(=S)C([Si])C(C)CC. The van der Waals surface area contributed by atoms with Gasteiger partial charge in [0.25, 0.3) is 0 Å². The normalized spacial score (nSPS) is 15.3. The largest absolute Gasteiger partial charge is 0.330 e. The molecule has 4 heteroatoms. The maximum Gasteiger partial charge on any atom is 0.205 e. The van der Waals surface area contributed by atoms with Crippen LogP contribution in [0.5, 0.6) is 0 Å². The van der Waals surface area contributed by atoms with Crippen molar-refractivity contribution >= 4 is 27.5 Å². The number of thiocarbonyl (C=S) groups is 1. The third kappa shape index (κ3) is 4.18. The number of rotatable bonds is 5.